The number of carbonyl (C=O) groups excluding carboxylic acids is 3. The number of fused-ring (bicyclic) bond motifs is 1. The molecule has 3 aliphatic heterocycles. The molecule has 4 rings (SSSR count). The van der Waals surface area contributed by atoms with Crippen molar-refractivity contribution in [1.29, 1.82) is 0 Å². The monoisotopic (exact) mass is 408 g/mol. The van der Waals surface area contributed by atoms with Gasteiger partial charge in [-0.25, -0.2) is 4.79 Å². The number of piperidine rings is 1. The number of amides is 2. The molecule has 1 saturated carbocycles. The second kappa shape index (κ2) is 9.43. The first kappa shape index (κ1) is 20.6. The van der Waals surface area contributed by atoms with Gasteiger partial charge in [-0.05, 0) is 25.2 Å². The molecule has 0 unspecified atom stereocenters. The lowest BCUT2D eigenvalue weighted by atomic mass is 9.85. The quantitative estimate of drug-likeness (QED) is 0.705. The first-order valence-electron chi connectivity index (χ1n) is 11.1. The minimum absolute atomic E-state index is 0.0426. The fourth-order valence-electron chi connectivity index (χ4n) is 5.09. The molecule has 0 aromatic rings. The van der Waals surface area contributed by atoms with Crippen LogP contribution in [-0.2, 0) is 23.8 Å². The predicted octanol–water partition coefficient (Wildman–Crippen LogP) is 1.75. The lowest BCUT2D eigenvalue weighted by Gasteiger charge is -2.38. The van der Waals surface area contributed by atoms with Gasteiger partial charge in [-0.2, -0.15) is 0 Å². The van der Waals surface area contributed by atoms with Crippen LogP contribution < -0.4 is 0 Å². The Labute approximate surface area is 171 Å². The zero-order chi connectivity index (χ0) is 20.2. The van der Waals surface area contributed by atoms with Crippen molar-refractivity contribution >= 4 is 17.8 Å². The van der Waals surface area contributed by atoms with Gasteiger partial charge in [0, 0.05) is 19.6 Å². The van der Waals surface area contributed by atoms with Crippen LogP contribution in [0.2, 0.25) is 0 Å². The summed E-state index contributed by atoms with van der Waals surface area (Å²) in [6.07, 6.45) is 6.29. The van der Waals surface area contributed by atoms with Crippen LogP contribution in [0.3, 0.4) is 0 Å². The highest BCUT2D eigenvalue weighted by Gasteiger charge is 2.46. The minimum Gasteiger partial charge on any atom is -0.436 e. The summed E-state index contributed by atoms with van der Waals surface area (Å²) in [5.74, 6) is 0.107. The van der Waals surface area contributed by atoms with Gasteiger partial charge in [-0.3, -0.25) is 9.59 Å². The summed E-state index contributed by atoms with van der Waals surface area (Å²) in [5.41, 5.74) is 0. The molecule has 4 aliphatic rings. The molecule has 3 atom stereocenters. The van der Waals surface area contributed by atoms with Crippen LogP contribution in [0.5, 0.6) is 0 Å². The molecule has 0 bridgehead atoms. The molecule has 162 valence electrons. The SMILES string of the molecule is O=C1CO[C@H]2CCCN(C(=O)[C@H](CC3CCCCC3)OC(=O)N3CCOCC3)[C@@H]12. The number of ketones is 1. The third-order valence-corrected chi connectivity index (χ3v) is 6.69. The highest BCUT2D eigenvalue weighted by atomic mass is 16.6. The fourth-order valence-corrected chi connectivity index (χ4v) is 5.09. The average Bonchev–Trinajstić information content (AvgIpc) is 3.15. The maximum absolute atomic E-state index is 13.5. The van der Waals surface area contributed by atoms with E-state index in [0.717, 1.165) is 38.5 Å². The van der Waals surface area contributed by atoms with E-state index in [4.69, 9.17) is 14.2 Å². The van der Waals surface area contributed by atoms with Crippen molar-refractivity contribution in [1.82, 2.24) is 9.80 Å². The van der Waals surface area contributed by atoms with Gasteiger partial charge in [0.05, 0.1) is 19.3 Å². The summed E-state index contributed by atoms with van der Waals surface area (Å²) in [4.78, 5) is 41.8. The van der Waals surface area contributed by atoms with Crippen molar-refractivity contribution in [2.24, 2.45) is 5.92 Å². The Hall–Kier alpha value is -1.67. The van der Waals surface area contributed by atoms with Gasteiger partial charge in [0.25, 0.3) is 5.91 Å². The van der Waals surface area contributed by atoms with E-state index in [1.54, 1.807) is 9.80 Å². The minimum atomic E-state index is -0.833. The lowest BCUT2D eigenvalue weighted by Crippen LogP contribution is -2.56. The standard InChI is InChI=1S/C21H32N2O6/c24-16-14-28-17-7-4-8-23(19(16)17)20(25)18(13-15-5-2-1-3-6-15)29-21(26)22-9-11-27-12-10-22/h15,17-19H,1-14H2/t17-,18-,19-/m0/s1. The largest absolute Gasteiger partial charge is 0.436 e. The van der Waals surface area contributed by atoms with Crippen LogP contribution in [0.15, 0.2) is 0 Å². The van der Waals surface area contributed by atoms with E-state index in [1.165, 1.54) is 6.42 Å². The molecule has 2 amide bonds. The van der Waals surface area contributed by atoms with Crippen molar-refractivity contribution in [2.75, 3.05) is 39.5 Å². The lowest BCUT2D eigenvalue weighted by molar-refractivity contribution is -0.150. The Balaban J connectivity index is 1.47. The van der Waals surface area contributed by atoms with Crippen LogP contribution >= 0.6 is 0 Å². The van der Waals surface area contributed by atoms with Crippen molar-refractivity contribution in [3.63, 3.8) is 0 Å². The topological polar surface area (TPSA) is 85.4 Å². The van der Waals surface area contributed by atoms with E-state index in [0.29, 0.717) is 45.2 Å². The second-order valence-corrected chi connectivity index (χ2v) is 8.65. The Morgan fingerprint density at radius 3 is 2.55 bits per heavy atom. The second-order valence-electron chi connectivity index (χ2n) is 8.65. The van der Waals surface area contributed by atoms with Crippen molar-refractivity contribution in [3.05, 3.63) is 0 Å². The molecule has 3 heterocycles. The van der Waals surface area contributed by atoms with Gasteiger partial charge < -0.3 is 24.0 Å². The van der Waals surface area contributed by atoms with Crippen LogP contribution in [-0.4, -0.2) is 85.3 Å². The van der Waals surface area contributed by atoms with Gasteiger partial charge in [0.1, 0.15) is 12.6 Å². The molecule has 1 aliphatic carbocycles. The molecule has 0 aromatic carbocycles. The third-order valence-electron chi connectivity index (χ3n) is 6.69. The number of likely N-dealkylation sites (tertiary alicyclic amines) is 1. The Morgan fingerprint density at radius 2 is 1.79 bits per heavy atom. The highest BCUT2D eigenvalue weighted by Crippen LogP contribution is 2.31. The van der Waals surface area contributed by atoms with Gasteiger partial charge >= 0.3 is 6.09 Å². The van der Waals surface area contributed by atoms with E-state index in [9.17, 15) is 14.4 Å². The molecular formula is C21H32N2O6. The Bertz CT molecular complexity index is 614. The van der Waals surface area contributed by atoms with Crippen LogP contribution in [0, 0.1) is 5.92 Å². The molecule has 8 heteroatoms. The molecule has 3 saturated heterocycles. The maximum atomic E-state index is 13.5. The number of rotatable bonds is 4. The maximum Gasteiger partial charge on any atom is 0.410 e. The van der Waals surface area contributed by atoms with E-state index in [-0.39, 0.29) is 24.4 Å². The van der Waals surface area contributed by atoms with Crippen LogP contribution in [0.4, 0.5) is 4.79 Å². The van der Waals surface area contributed by atoms with Crippen molar-refractivity contribution in [3.8, 4) is 0 Å². The van der Waals surface area contributed by atoms with Crippen molar-refractivity contribution < 1.29 is 28.6 Å². The number of carbonyl (C=O) groups is 3. The average molecular weight is 408 g/mol. The molecule has 4 fully saturated rings. The third kappa shape index (κ3) is 4.74. The number of ether oxygens (including phenoxy) is 3. The first-order valence-corrected chi connectivity index (χ1v) is 11.1. The number of morpholine rings is 1. The molecular weight excluding hydrogens is 376 g/mol. The highest BCUT2D eigenvalue weighted by molar-refractivity contribution is 5.93. The first-order chi connectivity index (χ1) is 14.1. The normalized spacial score (nSPS) is 29.4. The van der Waals surface area contributed by atoms with E-state index in [2.05, 4.69) is 0 Å². The number of hydrogen-bond donors (Lipinski definition) is 0. The van der Waals surface area contributed by atoms with E-state index >= 15 is 0 Å². The van der Waals surface area contributed by atoms with E-state index < -0.39 is 18.2 Å². The predicted molar refractivity (Wildman–Crippen MR) is 103 cm³/mol. The smallest absolute Gasteiger partial charge is 0.410 e. The van der Waals surface area contributed by atoms with Gasteiger partial charge in [0.15, 0.2) is 11.9 Å². The van der Waals surface area contributed by atoms with Crippen LogP contribution in [0.1, 0.15) is 51.4 Å². The fraction of sp³-hybridized carbons (Fsp3) is 0.857. The number of hydrogen-bond acceptors (Lipinski definition) is 6. The zero-order valence-corrected chi connectivity index (χ0v) is 17.1. The molecule has 0 spiro atoms. The summed E-state index contributed by atoms with van der Waals surface area (Å²) >= 11 is 0. The molecule has 8 nitrogen and oxygen atoms in total. The van der Waals surface area contributed by atoms with Gasteiger partial charge in [0.2, 0.25) is 0 Å². The van der Waals surface area contributed by atoms with Gasteiger partial charge in [-0.15, -0.1) is 0 Å². The number of Topliss-reactive ketones (excluding diaryl/α,β-unsaturated/α-hetero) is 1. The molecule has 0 N–H and O–H groups in total. The Morgan fingerprint density at radius 1 is 1.03 bits per heavy atom. The van der Waals surface area contributed by atoms with Crippen LogP contribution in [0.25, 0.3) is 0 Å². The summed E-state index contributed by atoms with van der Waals surface area (Å²) in [6.45, 7) is 2.51. The molecule has 0 aromatic heterocycles. The van der Waals surface area contributed by atoms with Crippen molar-refractivity contribution in [2.45, 2.75) is 69.6 Å². The summed E-state index contributed by atoms with van der Waals surface area (Å²) in [6, 6.07) is -0.521. The summed E-state index contributed by atoms with van der Waals surface area (Å²) in [7, 11) is 0. The van der Waals surface area contributed by atoms with Gasteiger partial charge in [-0.1, -0.05) is 32.1 Å². The Kier molecular flexibility index (Phi) is 6.70. The number of nitrogens with zero attached hydrogens (tertiary/aromatic N) is 2. The molecule has 0 radical (unpaired) electrons. The summed E-state index contributed by atoms with van der Waals surface area (Å²) in [5, 5.41) is 0. The molecule has 29 heavy (non-hydrogen) atoms. The zero-order valence-electron chi connectivity index (χ0n) is 17.1. The summed E-state index contributed by atoms with van der Waals surface area (Å²) < 4.78 is 16.7. The van der Waals surface area contributed by atoms with E-state index in [1.807, 2.05) is 0 Å².